The van der Waals surface area contributed by atoms with Gasteiger partial charge in [0.2, 0.25) is 0 Å². The van der Waals surface area contributed by atoms with Gasteiger partial charge in [0.15, 0.2) is 0 Å². The number of fused-ring (bicyclic) bond motifs is 2. The number of rotatable bonds is 7. The molecule has 0 aromatic heterocycles. The first-order chi connectivity index (χ1) is 11.4. The number of alkyl halides is 3. The van der Waals surface area contributed by atoms with Crippen molar-refractivity contribution in [2.24, 2.45) is 5.92 Å². The summed E-state index contributed by atoms with van der Waals surface area (Å²) in [6.45, 7) is 3.24. The molecule has 3 fully saturated rings. The van der Waals surface area contributed by atoms with Crippen LogP contribution in [-0.2, 0) is 14.2 Å². The molecule has 0 aromatic carbocycles. The van der Waals surface area contributed by atoms with Crippen LogP contribution in [0.3, 0.4) is 0 Å². The Morgan fingerprint density at radius 2 is 1.75 bits per heavy atom. The molecule has 0 aromatic rings. The second kappa shape index (κ2) is 7.50. The van der Waals surface area contributed by atoms with Crippen LogP contribution in [0.15, 0.2) is 0 Å². The van der Waals surface area contributed by atoms with Gasteiger partial charge in [-0.15, -0.1) is 0 Å². The first-order valence-corrected chi connectivity index (χ1v) is 9.34. The van der Waals surface area contributed by atoms with Gasteiger partial charge in [-0.1, -0.05) is 0 Å². The third-order valence-corrected chi connectivity index (χ3v) is 5.91. The highest BCUT2D eigenvalue weighted by Crippen LogP contribution is 2.43. The van der Waals surface area contributed by atoms with Gasteiger partial charge in [-0.2, -0.15) is 13.2 Å². The van der Waals surface area contributed by atoms with Crippen LogP contribution in [0.25, 0.3) is 0 Å². The van der Waals surface area contributed by atoms with Gasteiger partial charge < -0.3 is 14.2 Å². The molecule has 1 atom stereocenters. The summed E-state index contributed by atoms with van der Waals surface area (Å²) in [5.41, 5.74) is -0.0459. The second-order valence-corrected chi connectivity index (χ2v) is 7.80. The van der Waals surface area contributed by atoms with Crippen LogP contribution in [0.5, 0.6) is 0 Å². The molecule has 3 aliphatic rings. The van der Waals surface area contributed by atoms with Crippen molar-refractivity contribution in [2.75, 3.05) is 13.2 Å². The number of hydrogen-bond acceptors (Lipinski definition) is 3. The van der Waals surface area contributed by atoms with E-state index in [1.807, 2.05) is 6.92 Å². The average Bonchev–Trinajstić information content (AvgIpc) is 3.14. The summed E-state index contributed by atoms with van der Waals surface area (Å²) in [5.74, 6) is -1.14. The van der Waals surface area contributed by atoms with Crippen molar-refractivity contribution in [3.8, 4) is 0 Å². The van der Waals surface area contributed by atoms with E-state index >= 15 is 0 Å². The monoisotopic (exact) mass is 350 g/mol. The Kier molecular flexibility index (Phi) is 5.77. The quantitative estimate of drug-likeness (QED) is 0.670. The summed E-state index contributed by atoms with van der Waals surface area (Å²) >= 11 is 0. The van der Waals surface area contributed by atoms with E-state index in [2.05, 4.69) is 0 Å². The maximum Gasteiger partial charge on any atom is 0.391 e. The van der Waals surface area contributed by atoms with Crippen molar-refractivity contribution in [1.82, 2.24) is 0 Å². The largest absolute Gasteiger partial charge is 0.391 e. The maximum atomic E-state index is 12.6. The minimum absolute atomic E-state index is 0.0249. The van der Waals surface area contributed by atoms with Crippen molar-refractivity contribution in [3.63, 3.8) is 0 Å². The highest BCUT2D eigenvalue weighted by Gasteiger charge is 2.46. The number of ether oxygens (including phenoxy) is 3. The molecule has 3 rings (SSSR count). The lowest BCUT2D eigenvalue weighted by molar-refractivity contribution is -0.187. The minimum atomic E-state index is -4.05. The van der Waals surface area contributed by atoms with Crippen LogP contribution in [0, 0.1) is 5.92 Å². The highest BCUT2D eigenvalue weighted by atomic mass is 19.4. The van der Waals surface area contributed by atoms with E-state index in [1.54, 1.807) is 0 Å². The lowest BCUT2D eigenvalue weighted by Crippen LogP contribution is -2.33. The Morgan fingerprint density at radius 3 is 2.29 bits per heavy atom. The molecule has 0 amide bonds. The fraction of sp³-hybridized carbons (Fsp3) is 1.00. The van der Waals surface area contributed by atoms with Crippen molar-refractivity contribution < 1.29 is 27.4 Å². The average molecular weight is 350 g/mol. The normalized spacial score (nSPS) is 37.8. The van der Waals surface area contributed by atoms with Gasteiger partial charge in [0.05, 0.1) is 36.4 Å². The number of hydrogen-bond donors (Lipinski definition) is 0. The van der Waals surface area contributed by atoms with Gasteiger partial charge in [-0.25, -0.2) is 0 Å². The van der Waals surface area contributed by atoms with Crippen LogP contribution in [-0.4, -0.2) is 43.3 Å². The Hall–Kier alpha value is -0.330. The van der Waals surface area contributed by atoms with Crippen LogP contribution in [0.1, 0.15) is 64.7 Å². The minimum Gasteiger partial charge on any atom is -0.378 e. The third kappa shape index (κ3) is 4.64. The first-order valence-electron chi connectivity index (χ1n) is 9.34. The molecule has 0 N–H and O–H groups in total. The highest BCUT2D eigenvalue weighted by molar-refractivity contribution is 4.96. The van der Waals surface area contributed by atoms with E-state index in [9.17, 15) is 13.2 Å². The van der Waals surface area contributed by atoms with E-state index in [1.165, 1.54) is 0 Å². The maximum absolute atomic E-state index is 12.6. The Balaban J connectivity index is 1.27. The van der Waals surface area contributed by atoms with Crippen LogP contribution in [0.2, 0.25) is 0 Å². The van der Waals surface area contributed by atoms with E-state index in [-0.39, 0.29) is 30.7 Å². The van der Waals surface area contributed by atoms with Crippen LogP contribution < -0.4 is 0 Å². The van der Waals surface area contributed by atoms with Crippen molar-refractivity contribution in [1.29, 1.82) is 0 Å². The standard InChI is InChI=1S/C18H29F3O3/c1-13(23-12-17-9-6-16(24-17)7-10-17)8-11-22-15-4-2-14(3-5-15)18(19,20)21/h13-16H,2-12H2,1H3. The summed E-state index contributed by atoms with van der Waals surface area (Å²) in [7, 11) is 0. The zero-order valence-electron chi connectivity index (χ0n) is 14.4. The topological polar surface area (TPSA) is 27.7 Å². The van der Waals surface area contributed by atoms with E-state index < -0.39 is 12.1 Å². The van der Waals surface area contributed by atoms with Crippen molar-refractivity contribution in [2.45, 2.75) is 94.8 Å². The van der Waals surface area contributed by atoms with Gasteiger partial charge in [-0.05, 0) is 64.7 Å². The summed E-state index contributed by atoms with van der Waals surface area (Å²) in [5, 5.41) is 0. The number of halogens is 3. The Morgan fingerprint density at radius 1 is 1.08 bits per heavy atom. The molecule has 2 aliphatic heterocycles. The third-order valence-electron chi connectivity index (χ3n) is 5.91. The molecule has 2 bridgehead atoms. The molecular formula is C18H29F3O3. The van der Waals surface area contributed by atoms with Crippen LogP contribution in [0.4, 0.5) is 13.2 Å². The predicted molar refractivity (Wildman–Crippen MR) is 83.9 cm³/mol. The lowest BCUT2D eigenvalue weighted by Gasteiger charge is -2.30. The molecule has 6 heteroatoms. The zero-order valence-corrected chi connectivity index (χ0v) is 14.4. The summed E-state index contributed by atoms with van der Waals surface area (Å²) in [6.07, 6.45) is 3.16. The van der Waals surface area contributed by atoms with Gasteiger partial charge >= 0.3 is 6.18 Å². The first kappa shape index (κ1) is 18.5. The lowest BCUT2D eigenvalue weighted by atomic mass is 9.87. The van der Waals surface area contributed by atoms with Gasteiger partial charge in [-0.3, -0.25) is 0 Å². The molecule has 0 radical (unpaired) electrons. The Labute approximate surface area is 142 Å². The second-order valence-electron chi connectivity index (χ2n) is 7.80. The molecule has 1 unspecified atom stereocenters. The van der Waals surface area contributed by atoms with E-state index in [0.29, 0.717) is 32.2 Å². The molecular weight excluding hydrogens is 321 g/mol. The molecule has 3 nitrogen and oxygen atoms in total. The predicted octanol–water partition coefficient (Wildman–Crippen LogP) is 4.63. The zero-order chi connectivity index (χ0) is 17.2. The Bertz CT molecular complexity index is 397. The fourth-order valence-corrected chi connectivity index (χ4v) is 4.22. The van der Waals surface area contributed by atoms with E-state index in [4.69, 9.17) is 14.2 Å². The summed E-state index contributed by atoms with van der Waals surface area (Å²) in [6, 6.07) is 0. The molecule has 0 spiro atoms. The molecule has 2 saturated heterocycles. The van der Waals surface area contributed by atoms with Gasteiger partial charge in [0.1, 0.15) is 0 Å². The van der Waals surface area contributed by atoms with Crippen LogP contribution >= 0.6 is 0 Å². The van der Waals surface area contributed by atoms with Gasteiger partial charge in [0, 0.05) is 6.61 Å². The molecule has 140 valence electrons. The molecule has 1 saturated carbocycles. The molecule has 2 heterocycles. The SMILES string of the molecule is CC(CCOC1CCC(C(F)(F)F)CC1)OCC12CCC(CC1)O2. The summed E-state index contributed by atoms with van der Waals surface area (Å²) in [4.78, 5) is 0. The molecule has 1 aliphatic carbocycles. The fourth-order valence-electron chi connectivity index (χ4n) is 4.22. The summed E-state index contributed by atoms with van der Waals surface area (Å²) < 4.78 is 55.6. The van der Waals surface area contributed by atoms with Gasteiger partial charge in [0.25, 0.3) is 0 Å². The van der Waals surface area contributed by atoms with Crippen molar-refractivity contribution in [3.05, 3.63) is 0 Å². The smallest absolute Gasteiger partial charge is 0.378 e. The van der Waals surface area contributed by atoms with E-state index in [0.717, 1.165) is 32.1 Å². The van der Waals surface area contributed by atoms with Crippen molar-refractivity contribution >= 4 is 0 Å². The molecule has 24 heavy (non-hydrogen) atoms.